The number of imidazole rings is 1. The fourth-order valence-electron chi connectivity index (χ4n) is 2.20. The second kappa shape index (κ2) is 5.46. The molecule has 0 fully saturated rings. The Labute approximate surface area is 122 Å². The minimum absolute atomic E-state index is 0.0835. The van der Waals surface area contributed by atoms with E-state index in [1.165, 1.54) is 0 Å². The van der Waals surface area contributed by atoms with Gasteiger partial charge in [0.1, 0.15) is 29.7 Å². The van der Waals surface area contributed by atoms with Gasteiger partial charge in [-0.1, -0.05) is 0 Å². The van der Waals surface area contributed by atoms with Crippen LogP contribution in [0, 0.1) is 0 Å². The Morgan fingerprint density at radius 3 is 2.38 bits per heavy atom. The third-order valence-electron chi connectivity index (χ3n) is 3.38. The van der Waals surface area contributed by atoms with E-state index in [1.54, 1.807) is 7.11 Å². The molecule has 2 aromatic carbocycles. The van der Waals surface area contributed by atoms with Crippen molar-refractivity contribution >= 4 is 11.0 Å². The molecule has 1 aromatic heterocycles. The van der Waals surface area contributed by atoms with E-state index in [1.807, 2.05) is 54.1 Å². The lowest BCUT2D eigenvalue weighted by molar-refractivity contribution is 0.268. The molecule has 0 amide bonds. The predicted molar refractivity (Wildman–Crippen MR) is 79.7 cm³/mol. The van der Waals surface area contributed by atoms with Crippen molar-refractivity contribution in [3.05, 3.63) is 48.3 Å². The highest BCUT2D eigenvalue weighted by atomic mass is 16.5. The molecule has 0 aliphatic heterocycles. The lowest BCUT2D eigenvalue weighted by Gasteiger charge is -2.07. The van der Waals surface area contributed by atoms with Gasteiger partial charge in [0.2, 0.25) is 0 Å². The number of benzene rings is 2. The quantitative estimate of drug-likeness (QED) is 0.800. The number of aromatic nitrogens is 2. The summed E-state index contributed by atoms with van der Waals surface area (Å²) < 4.78 is 12.8. The van der Waals surface area contributed by atoms with Crippen molar-refractivity contribution in [1.82, 2.24) is 9.55 Å². The molecular formula is C16H16N2O3. The van der Waals surface area contributed by atoms with Crippen molar-refractivity contribution < 1.29 is 14.6 Å². The van der Waals surface area contributed by atoms with Gasteiger partial charge in [0.15, 0.2) is 0 Å². The number of aliphatic hydroxyl groups is 1. The standard InChI is InChI=1S/C16H16N2O3/c1-18-15-9-13(7-8-14(15)17-16(18)10-19)21-12-5-3-11(20-2)4-6-12/h3-9,19H,10H2,1-2H3. The van der Waals surface area contributed by atoms with Crippen molar-refractivity contribution in [1.29, 1.82) is 0 Å². The smallest absolute Gasteiger partial charge is 0.135 e. The summed E-state index contributed by atoms with van der Waals surface area (Å²) >= 11 is 0. The molecule has 3 aromatic rings. The van der Waals surface area contributed by atoms with Crippen LogP contribution in [-0.4, -0.2) is 21.8 Å². The topological polar surface area (TPSA) is 56.5 Å². The van der Waals surface area contributed by atoms with Crippen molar-refractivity contribution in [2.45, 2.75) is 6.61 Å². The number of hydrogen-bond donors (Lipinski definition) is 1. The zero-order chi connectivity index (χ0) is 14.8. The molecule has 0 bridgehead atoms. The number of aliphatic hydroxyl groups excluding tert-OH is 1. The molecular weight excluding hydrogens is 268 g/mol. The summed E-state index contributed by atoms with van der Waals surface area (Å²) in [5.41, 5.74) is 1.76. The van der Waals surface area contributed by atoms with Crippen LogP contribution in [0.25, 0.3) is 11.0 Å². The van der Waals surface area contributed by atoms with Crippen LogP contribution in [0.2, 0.25) is 0 Å². The minimum atomic E-state index is -0.0835. The predicted octanol–water partition coefficient (Wildman–Crippen LogP) is 2.87. The third-order valence-corrected chi connectivity index (χ3v) is 3.38. The van der Waals surface area contributed by atoms with Gasteiger partial charge >= 0.3 is 0 Å². The van der Waals surface area contributed by atoms with E-state index in [0.717, 1.165) is 28.3 Å². The second-order valence-corrected chi connectivity index (χ2v) is 4.67. The fraction of sp³-hybridized carbons (Fsp3) is 0.188. The Morgan fingerprint density at radius 1 is 1.05 bits per heavy atom. The average molecular weight is 284 g/mol. The van der Waals surface area contributed by atoms with Crippen LogP contribution < -0.4 is 9.47 Å². The van der Waals surface area contributed by atoms with Crippen LogP contribution in [0.3, 0.4) is 0 Å². The van der Waals surface area contributed by atoms with Crippen molar-refractivity contribution in [2.24, 2.45) is 7.05 Å². The summed E-state index contributed by atoms with van der Waals surface area (Å²) in [6.45, 7) is -0.0835. The van der Waals surface area contributed by atoms with Crippen molar-refractivity contribution in [2.75, 3.05) is 7.11 Å². The third kappa shape index (κ3) is 2.55. The molecule has 0 unspecified atom stereocenters. The first-order valence-electron chi connectivity index (χ1n) is 6.59. The normalized spacial score (nSPS) is 10.8. The first-order chi connectivity index (χ1) is 10.2. The average Bonchev–Trinajstić information content (AvgIpc) is 2.84. The van der Waals surface area contributed by atoms with E-state index in [2.05, 4.69) is 4.98 Å². The molecule has 108 valence electrons. The van der Waals surface area contributed by atoms with E-state index >= 15 is 0 Å². The fourth-order valence-corrected chi connectivity index (χ4v) is 2.20. The number of rotatable bonds is 4. The second-order valence-electron chi connectivity index (χ2n) is 4.67. The molecule has 0 spiro atoms. The van der Waals surface area contributed by atoms with Gasteiger partial charge in [-0.25, -0.2) is 4.98 Å². The van der Waals surface area contributed by atoms with E-state index in [9.17, 15) is 5.11 Å². The Balaban J connectivity index is 1.91. The van der Waals surface area contributed by atoms with Crippen molar-refractivity contribution in [3.8, 4) is 17.2 Å². The lowest BCUT2D eigenvalue weighted by atomic mass is 10.3. The number of fused-ring (bicyclic) bond motifs is 1. The largest absolute Gasteiger partial charge is 0.497 e. The van der Waals surface area contributed by atoms with E-state index in [0.29, 0.717) is 5.82 Å². The minimum Gasteiger partial charge on any atom is -0.497 e. The van der Waals surface area contributed by atoms with Gasteiger partial charge in [-0.2, -0.15) is 0 Å². The molecule has 0 aliphatic rings. The number of hydrogen-bond acceptors (Lipinski definition) is 4. The number of aryl methyl sites for hydroxylation is 1. The zero-order valence-corrected chi connectivity index (χ0v) is 11.9. The molecule has 5 heteroatoms. The zero-order valence-electron chi connectivity index (χ0n) is 11.9. The maximum Gasteiger partial charge on any atom is 0.135 e. The van der Waals surface area contributed by atoms with E-state index in [4.69, 9.17) is 9.47 Å². The van der Waals surface area contributed by atoms with Crippen molar-refractivity contribution in [3.63, 3.8) is 0 Å². The summed E-state index contributed by atoms with van der Waals surface area (Å²) in [4.78, 5) is 4.34. The summed E-state index contributed by atoms with van der Waals surface area (Å²) in [7, 11) is 3.50. The van der Waals surface area contributed by atoms with Gasteiger partial charge in [-0.3, -0.25) is 0 Å². The molecule has 3 rings (SSSR count). The van der Waals surface area contributed by atoms with Crippen LogP contribution in [0.4, 0.5) is 0 Å². The maximum atomic E-state index is 9.25. The highest BCUT2D eigenvalue weighted by Gasteiger charge is 2.08. The molecule has 1 heterocycles. The van der Waals surface area contributed by atoms with Crippen LogP contribution in [-0.2, 0) is 13.7 Å². The molecule has 5 nitrogen and oxygen atoms in total. The SMILES string of the molecule is COc1ccc(Oc2ccc3nc(CO)n(C)c3c2)cc1. The molecule has 0 radical (unpaired) electrons. The number of methoxy groups -OCH3 is 1. The summed E-state index contributed by atoms with van der Waals surface area (Å²) in [5, 5.41) is 9.25. The van der Waals surface area contributed by atoms with Gasteiger partial charge in [-0.05, 0) is 36.4 Å². The molecule has 0 saturated heterocycles. The van der Waals surface area contributed by atoms with Gasteiger partial charge < -0.3 is 19.1 Å². The highest BCUT2D eigenvalue weighted by molar-refractivity contribution is 5.77. The molecule has 0 atom stereocenters. The van der Waals surface area contributed by atoms with Crippen LogP contribution in [0.5, 0.6) is 17.2 Å². The van der Waals surface area contributed by atoms with Gasteiger partial charge in [0.05, 0.1) is 18.1 Å². The van der Waals surface area contributed by atoms with Crippen LogP contribution in [0.15, 0.2) is 42.5 Å². The Kier molecular flexibility index (Phi) is 3.50. The number of nitrogens with zero attached hydrogens (tertiary/aromatic N) is 2. The molecule has 1 N–H and O–H groups in total. The van der Waals surface area contributed by atoms with E-state index < -0.39 is 0 Å². The van der Waals surface area contributed by atoms with Gasteiger partial charge in [-0.15, -0.1) is 0 Å². The summed E-state index contributed by atoms with van der Waals surface area (Å²) in [6.07, 6.45) is 0. The first kappa shape index (κ1) is 13.5. The summed E-state index contributed by atoms with van der Waals surface area (Å²) in [5.74, 6) is 2.88. The van der Waals surface area contributed by atoms with E-state index in [-0.39, 0.29) is 6.61 Å². The number of ether oxygens (including phenoxy) is 2. The van der Waals surface area contributed by atoms with Crippen LogP contribution >= 0.6 is 0 Å². The summed E-state index contributed by atoms with van der Waals surface area (Å²) in [6, 6.07) is 13.1. The molecule has 21 heavy (non-hydrogen) atoms. The first-order valence-corrected chi connectivity index (χ1v) is 6.59. The monoisotopic (exact) mass is 284 g/mol. The lowest BCUT2D eigenvalue weighted by Crippen LogP contribution is -1.96. The van der Waals surface area contributed by atoms with Gasteiger partial charge in [0, 0.05) is 13.1 Å². The maximum absolute atomic E-state index is 9.25. The molecule has 0 saturated carbocycles. The van der Waals surface area contributed by atoms with Gasteiger partial charge in [0.25, 0.3) is 0 Å². The Hall–Kier alpha value is -2.53. The Bertz CT molecular complexity index is 763. The van der Waals surface area contributed by atoms with Crippen LogP contribution in [0.1, 0.15) is 5.82 Å². The Morgan fingerprint density at radius 2 is 1.71 bits per heavy atom. The highest BCUT2D eigenvalue weighted by Crippen LogP contribution is 2.27. The molecule has 0 aliphatic carbocycles.